The number of nitrogens with one attached hydrogen (secondary N) is 1. The smallest absolute Gasteiger partial charge is 0.311 e. The molecule has 0 bridgehead atoms. The van der Waals surface area contributed by atoms with Gasteiger partial charge in [-0.15, -0.1) is 0 Å². The van der Waals surface area contributed by atoms with Crippen molar-refractivity contribution < 1.29 is 4.92 Å². The summed E-state index contributed by atoms with van der Waals surface area (Å²) in [6.07, 6.45) is 1.51. The van der Waals surface area contributed by atoms with E-state index in [0.717, 1.165) is 5.56 Å². The summed E-state index contributed by atoms with van der Waals surface area (Å²) in [5.74, 6) is 0.250. The molecule has 1 aromatic heterocycles. The molecular formula is C13H12ClN3O2. The zero-order valence-electron chi connectivity index (χ0n) is 10.2. The summed E-state index contributed by atoms with van der Waals surface area (Å²) < 4.78 is 0. The van der Waals surface area contributed by atoms with Crippen LogP contribution in [-0.2, 0) is 0 Å². The van der Waals surface area contributed by atoms with Crippen molar-refractivity contribution in [1.29, 1.82) is 0 Å². The van der Waals surface area contributed by atoms with Crippen molar-refractivity contribution in [3.63, 3.8) is 0 Å². The molecule has 0 fully saturated rings. The molecule has 0 radical (unpaired) electrons. The van der Waals surface area contributed by atoms with Crippen LogP contribution in [0.2, 0.25) is 5.02 Å². The lowest BCUT2D eigenvalue weighted by atomic mass is 10.1. The zero-order valence-corrected chi connectivity index (χ0v) is 11.0. The zero-order chi connectivity index (χ0) is 13.8. The minimum atomic E-state index is -0.458. The summed E-state index contributed by atoms with van der Waals surface area (Å²) in [5, 5.41) is 14.5. The van der Waals surface area contributed by atoms with Gasteiger partial charge in [0, 0.05) is 17.3 Å². The number of benzene rings is 1. The van der Waals surface area contributed by atoms with E-state index >= 15 is 0 Å². The Bertz CT molecular complexity index is 604. The predicted molar refractivity (Wildman–Crippen MR) is 74.4 cm³/mol. The molecule has 0 unspecified atom stereocenters. The number of hydrogen-bond donors (Lipinski definition) is 1. The number of hydrogen-bond acceptors (Lipinski definition) is 4. The second kappa shape index (κ2) is 5.67. The Labute approximate surface area is 115 Å². The van der Waals surface area contributed by atoms with E-state index in [4.69, 9.17) is 11.6 Å². The van der Waals surface area contributed by atoms with Crippen molar-refractivity contribution in [3.05, 3.63) is 63.3 Å². The lowest BCUT2D eigenvalue weighted by molar-refractivity contribution is -0.384. The van der Waals surface area contributed by atoms with Gasteiger partial charge in [0.25, 0.3) is 0 Å². The maximum absolute atomic E-state index is 10.9. The summed E-state index contributed by atoms with van der Waals surface area (Å²) >= 11 is 5.92. The molecule has 1 aromatic carbocycles. The first-order valence-corrected chi connectivity index (χ1v) is 6.07. The van der Waals surface area contributed by atoms with Crippen LogP contribution >= 0.6 is 11.6 Å². The lowest BCUT2D eigenvalue weighted by Gasteiger charge is -2.15. The average molecular weight is 278 g/mol. The van der Waals surface area contributed by atoms with Gasteiger partial charge >= 0.3 is 5.69 Å². The van der Waals surface area contributed by atoms with Gasteiger partial charge in [0.15, 0.2) is 0 Å². The molecule has 0 aliphatic rings. The first-order chi connectivity index (χ1) is 9.08. The Balaban J connectivity index is 2.24. The molecule has 0 saturated carbocycles. The molecule has 0 saturated heterocycles. The standard InChI is InChI=1S/C13H12ClN3O2/c1-9(10-4-2-5-11(14)8-10)16-13-12(17(18)19)6-3-7-15-13/h2-9H,1H3,(H,15,16)/t9-/m0/s1. The van der Waals surface area contributed by atoms with Crippen molar-refractivity contribution in [3.8, 4) is 0 Å². The Morgan fingerprint density at radius 2 is 2.16 bits per heavy atom. The lowest BCUT2D eigenvalue weighted by Crippen LogP contribution is -2.09. The molecule has 5 nitrogen and oxygen atoms in total. The second-order valence-corrected chi connectivity index (χ2v) is 4.49. The number of aromatic nitrogens is 1. The number of nitro groups is 1. The highest BCUT2D eigenvalue weighted by molar-refractivity contribution is 6.30. The third-order valence-electron chi connectivity index (χ3n) is 2.69. The van der Waals surface area contributed by atoms with Crippen molar-refractivity contribution in [2.45, 2.75) is 13.0 Å². The Kier molecular flexibility index (Phi) is 3.97. The molecule has 0 aliphatic heterocycles. The van der Waals surface area contributed by atoms with Gasteiger partial charge in [0.1, 0.15) is 0 Å². The number of halogens is 1. The minimum Gasteiger partial charge on any atom is -0.358 e. The number of pyridine rings is 1. The number of anilines is 1. The normalized spacial score (nSPS) is 11.9. The molecule has 2 aromatic rings. The highest BCUT2D eigenvalue weighted by atomic mass is 35.5. The topological polar surface area (TPSA) is 68.1 Å². The van der Waals surface area contributed by atoms with E-state index in [2.05, 4.69) is 10.3 Å². The molecule has 1 heterocycles. The van der Waals surface area contributed by atoms with Crippen LogP contribution in [0, 0.1) is 10.1 Å². The van der Waals surface area contributed by atoms with Crippen molar-refractivity contribution >= 4 is 23.1 Å². The van der Waals surface area contributed by atoms with E-state index in [1.54, 1.807) is 6.07 Å². The summed E-state index contributed by atoms with van der Waals surface area (Å²) in [6, 6.07) is 10.1. The first kappa shape index (κ1) is 13.3. The molecule has 0 amide bonds. The summed E-state index contributed by atoms with van der Waals surface area (Å²) in [4.78, 5) is 14.4. The van der Waals surface area contributed by atoms with Gasteiger partial charge < -0.3 is 5.32 Å². The molecule has 1 atom stereocenters. The molecule has 0 spiro atoms. The van der Waals surface area contributed by atoms with Crippen LogP contribution in [0.4, 0.5) is 11.5 Å². The molecule has 1 N–H and O–H groups in total. The van der Waals surface area contributed by atoms with Gasteiger partial charge in [-0.05, 0) is 30.7 Å². The molecular weight excluding hydrogens is 266 g/mol. The molecule has 19 heavy (non-hydrogen) atoms. The Morgan fingerprint density at radius 3 is 2.84 bits per heavy atom. The van der Waals surface area contributed by atoms with Crippen molar-refractivity contribution in [2.24, 2.45) is 0 Å². The Morgan fingerprint density at radius 1 is 1.37 bits per heavy atom. The van der Waals surface area contributed by atoms with Gasteiger partial charge in [0.05, 0.1) is 11.0 Å². The summed E-state index contributed by atoms with van der Waals surface area (Å²) in [6.45, 7) is 1.89. The van der Waals surface area contributed by atoms with Gasteiger partial charge in [-0.2, -0.15) is 0 Å². The molecule has 2 rings (SSSR count). The quantitative estimate of drug-likeness (QED) is 0.681. The fourth-order valence-corrected chi connectivity index (χ4v) is 1.92. The predicted octanol–water partition coefficient (Wildman–Crippen LogP) is 3.82. The van der Waals surface area contributed by atoms with E-state index in [0.29, 0.717) is 5.02 Å². The van der Waals surface area contributed by atoms with Crippen LogP contribution in [0.5, 0.6) is 0 Å². The SMILES string of the molecule is C[C@H](Nc1ncccc1[N+](=O)[O-])c1cccc(Cl)c1. The fraction of sp³-hybridized carbons (Fsp3) is 0.154. The largest absolute Gasteiger partial charge is 0.358 e. The van der Waals surface area contributed by atoms with Crippen LogP contribution in [0.25, 0.3) is 0 Å². The van der Waals surface area contributed by atoms with Crippen molar-refractivity contribution in [1.82, 2.24) is 4.98 Å². The molecule has 6 heteroatoms. The highest BCUT2D eigenvalue weighted by Crippen LogP contribution is 2.26. The van der Waals surface area contributed by atoms with Crippen LogP contribution < -0.4 is 5.32 Å². The monoisotopic (exact) mass is 277 g/mol. The van der Waals surface area contributed by atoms with Crippen LogP contribution in [0.1, 0.15) is 18.5 Å². The van der Waals surface area contributed by atoms with Gasteiger partial charge in [-0.3, -0.25) is 10.1 Å². The molecule has 0 aliphatic carbocycles. The van der Waals surface area contributed by atoms with Crippen LogP contribution in [0.3, 0.4) is 0 Å². The Hall–Kier alpha value is -2.14. The van der Waals surface area contributed by atoms with Gasteiger partial charge in [0.2, 0.25) is 5.82 Å². The van der Waals surface area contributed by atoms with Crippen LogP contribution in [-0.4, -0.2) is 9.91 Å². The summed E-state index contributed by atoms with van der Waals surface area (Å²) in [5.41, 5.74) is 0.892. The maximum Gasteiger partial charge on any atom is 0.311 e. The van der Waals surface area contributed by atoms with Crippen molar-refractivity contribution in [2.75, 3.05) is 5.32 Å². The van der Waals surface area contributed by atoms with E-state index in [-0.39, 0.29) is 17.5 Å². The average Bonchev–Trinajstić information content (AvgIpc) is 2.39. The maximum atomic E-state index is 10.9. The summed E-state index contributed by atoms with van der Waals surface area (Å²) in [7, 11) is 0. The third-order valence-corrected chi connectivity index (χ3v) is 2.92. The highest BCUT2D eigenvalue weighted by Gasteiger charge is 2.16. The van der Waals surface area contributed by atoms with E-state index in [1.165, 1.54) is 18.3 Å². The second-order valence-electron chi connectivity index (χ2n) is 4.05. The van der Waals surface area contributed by atoms with E-state index in [1.807, 2.05) is 25.1 Å². The number of nitrogens with zero attached hydrogens (tertiary/aromatic N) is 2. The van der Waals surface area contributed by atoms with E-state index < -0.39 is 4.92 Å². The first-order valence-electron chi connectivity index (χ1n) is 5.69. The third kappa shape index (κ3) is 3.20. The van der Waals surface area contributed by atoms with Gasteiger partial charge in [-0.1, -0.05) is 23.7 Å². The van der Waals surface area contributed by atoms with E-state index in [9.17, 15) is 10.1 Å². The van der Waals surface area contributed by atoms with Crippen LogP contribution in [0.15, 0.2) is 42.6 Å². The fourth-order valence-electron chi connectivity index (χ4n) is 1.72. The minimum absolute atomic E-state index is 0.0450. The molecule has 98 valence electrons. The van der Waals surface area contributed by atoms with Gasteiger partial charge in [-0.25, -0.2) is 4.98 Å². The number of rotatable bonds is 4.